The molecule has 0 aliphatic rings. The van der Waals surface area contributed by atoms with E-state index in [1.807, 2.05) is 0 Å². The number of halogens is 3. The number of amides is 1. The molecule has 0 unspecified atom stereocenters. The Balaban J connectivity index is 1.53. The number of rotatable bonds is 4. The third-order valence-electron chi connectivity index (χ3n) is 4.01. The second-order valence-corrected chi connectivity index (χ2v) is 6.95. The maximum Gasteiger partial charge on any atom is 0.439 e. The van der Waals surface area contributed by atoms with E-state index in [2.05, 4.69) is 25.0 Å². The van der Waals surface area contributed by atoms with Gasteiger partial charge in [0.25, 0.3) is 5.91 Å². The zero-order valence-electron chi connectivity index (χ0n) is 14.9. The molecule has 0 atom stereocenters. The molecule has 0 saturated carbocycles. The summed E-state index contributed by atoms with van der Waals surface area (Å²) in [5.74, 6) is -1.03. The minimum atomic E-state index is -4.47. The zero-order chi connectivity index (χ0) is 21.3. The van der Waals surface area contributed by atoms with Crippen molar-refractivity contribution in [1.29, 1.82) is 0 Å². The predicted molar refractivity (Wildman–Crippen MR) is 103 cm³/mol. The van der Waals surface area contributed by atoms with E-state index >= 15 is 0 Å². The van der Waals surface area contributed by atoms with Crippen molar-refractivity contribution >= 4 is 22.9 Å². The van der Waals surface area contributed by atoms with Crippen LogP contribution in [0.3, 0.4) is 0 Å². The summed E-state index contributed by atoms with van der Waals surface area (Å²) < 4.78 is 43.2. The van der Waals surface area contributed by atoms with E-state index in [1.165, 1.54) is 17.5 Å². The average molecular weight is 432 g/mol. The molecule has 0 aliphatic carbocycles. The summed E-state index contributed by atoms with van der Waals surface area (Å²) in [4.78, 5) is 30.1. The topological polar surface area (TPSA) is 101 Å². The Bertz CT molecular complexity index is 1280. The number of carbonyl (C=O) groups excluding carboxylic acids is 1. The number of hydrogen-bond acceptors (Lipinski definition) is 6. The van der Waals surface area contributed by atoms with Gasteiger partial charge in [-0.25, -0.2) is 9.78 Å². The van der Waals surface area contributed by atoms with Crippen molar-refractivity contribution < 1.29 is 22.5 Å². The molecular weight excluding hydrogens is 421 g/mol. The fourth-order valence-electron chi connectivity index (χ4n) is 2.63. The number of carbonyl (C=O) groups is 1. The molecule has 11 heteroatoms. The lowest BCUT2D eigenvalue weighted by molar-refractivity contribution is -0.137. The monoisotopic (exact) mass is 432 g/mol. The van der Waals surface area contributed by atoms with Crippen LogP contribution in [0.5, 0.6) is 0 Å². The molecule has 2 aromatic carbocycles. The molecule has 30 heavy (non-hydrogen) atoms. The molecule has 4 aromatic rings. The Morgan fingerprint density at radius 3 is 2.60 bits per heavy atom. The number of anilines is 1. The van der Waals surface area contributed by atoms with E-state index in [1.54, 1.807) is 24.3 Å². The molecule has 4 rings (SSSR count). The Kier molecular flexibility index (Phi) is 4.96. The van der Waals surface area contributed by atoms with Gasteiger partial charge in [-0.3, -0.25) is 14.3 Å². The molecule has 152 valence electrons. The predicted octanol–water partition coefficient (Wildman–Crippen LogP) is 4.42. The lowest BCUT2D eigenvalue weighted by Gasteiger charge is -2.07. The van der Waals surface area contributed by atoms with Gasteiger partial charge >= 0.3 is 11.9 Å². The first-order valence-electron chi connectivity index (χ1n) is 8.40. The van der Waals surface area contributed by atoms with Crippen molar-refractivity contribution in [3.63, 3.8) is 0 Å². The van der Waals surface area contributed by atoms with Gasteiger partial charge in [0.2, 0.25) is 0 Å². The number of alkyl halides is 3. The Morgan fingerprint density at radius 2 is 1.87 bits per heavy atom. The number of aromatic nitrogens is 3. The molecule has 0 aliphatic heterocycles. The van der Waals surface area contributed by atoms with Gasteiger partial charge in [0.1, 0.15) is 10.7 Å². The maximum atomic E-state index is 12.9. The van der Waals surface area contributed by atoms with Gasteiger partial charge in [-0.1, -0.05) is 29.4 Å². The smallest absolute Gasteiger partial charge is 0.321 e. The second kappa shape index (κ2) is 7.59. The highest BCUT2D eigenvalue weighted by Gasteiger charge is 2.30. The molecule has 2 aromatic heterocycles. The van der Waals surface area contributed by atoms with E-state index < -0.39 is 23.4 Å². The quantitative estimate of drug-likeness (QED) is 0.497. The van der Waals surface area contributed by atoms with Crippen LogP contribution in [-0.2, 0) is 6.18 Å². The van der Waals surface area contributed by atoms with Crippen LogP contribution in [0.2, 0.25) is 0 Å². The van der Waals surface area contributed by atoms with Crippen molar-refractivity contribution in [1.82, 2.24) is 15.1 Å². The van der Waals surface area contributed by atoms with Gasteiger partial charge < -0.3 is 5.32 Å². The summed E-state index contributed by atoms with van der Waals surface area (Å²) in [5.41, 5.74) is 0.471. The number of benzene rings is 2. The number of thiazole rings is 1. The van der Waals surface area contributed by atoms with E-state index in [0.29, 0.717) is 16.3 Å². The zero-order valence-corrected chi connectivity index (χ0v) is 15.7. The largest absolute Gasteiger partial charge is 0.439 e. The van der Waals surface area contributed by atoms with Crippen LogP contribution >= 0.6 is 11.3 Å². The molecule has 0 radical (unpaired) electrons. The maximum absolute atomic E-state index is 12.9. The number of H-pyrrole nitrogens is 1. The summed E-state index contributed by atoms with van der Waals surface area (Å²) in [7, 11) is 0. The van der Waals surface area contributed by atoms with Crippen LogP contribution < -0.4 is 11.1 Å². The lowest BCUT2D eigenvalue weighted by Crippen LogP contribution is -2.12. The minimum absolute atomic E-state index is 0.0626. The summed E-state index contributed by atoms with van der Waals surface area (Å²) in [5, 5.41) is 7.98. The van der Waals surface area contributed by atoms with Crippen molar-refractivity contribution in [2.45, 2.75) is 6.18 Å². The van der Waals surface area contributed by atoms with E-state index in [0.717, 1.165) is 23.5 Å². The fraction of sp³-hybridized carbons (Fsp3) is 0.0526. The molecule has 1 amide bonds. The Hall–Kier alpha value is -3.73. The highest BCUT2D eigenvalue weighted by molar-refractivity contribution is 7.13. The van der Waals surface area contributed by atoms with E-state index in [-0.39, 0.29) is 17.1 Å². The first kappa shape index (κ1) is 19.6. The van der Waals surface area contributed by atoms with Gasteiger partial charge in [-0.15, -0.1) is 11.3 Å². The van der Waals surface area contributed by atoms with Crippen molar-refractivity contribution in [2.24, 2.45) is 0 Å². The molecule has 0 saturated heterocycles. The normalized spacial score (nSPS) is 11.4. The highest BCUT2D eigenvalue weighted by atomic mass is 32.1. The van der Waals surface area contributed by atoms with Gasteiger partial charge in [0, 0.05) is 22.2 Å². The van der Waals surface area contributed by atoms with Crippen LogP contribution in [0.25, 0.3) is 22.0 Å². The number of aromatic amines is 1. The third-order valence-corrected chi connectivity index (χ3v) is 4.90. The molecular formula is C19H11F3N4O3S. The standard InChI is InChI=1S/C19H11F3N4O3S/c20-19(21,22)12-5-1-4-11(7-12)17-24-14(9-30-17)16(27)23-13-6-2-3-10(8-13)15-25-18(28)29-26-15/h1-9H,(H,23,27)(H,25,26,28). The molecule has 0 spiro atoms. The minimum Gasteiger partial charge on any atom is -0.321 e. The summed E-state index contributed by atoms with van der Waals surface area (Å²) in [6.07, 6.45) is -4.47. The lowest BCUT2D eigenvalue weighted by atomic mass is 10.1. The molecule has 0 fully saturated rings. The van der Waals surface area contributed by atoms with Crippen LogP contribution in [-0.4, -0.2) is 21.0 Å². The third kappa shape index (κ3) is 4.15. The van der Waals surface area contributed by atoms with Gasteiger partial charge in [-0.2, -0.15) is 13.2 Å². The second-order valence-electron chi connectivity index (χ2n) is 6.10. The molecule has 2 N–H and O–H groups in total. The van der Waals surface area contributed by atoms with Crippen molar-refractivity contribution in [2.75, 3.05) is 5.32 Å². The highest BCUT2D eigenvalue weighted by Crippen LogP contribution is 2.33. The van der Waals surface area contributed by atoms with E-state index in [4.69, 9.17) is 0 Å². The number of nitrogens with zero attached hydrogens (tertiary/aromatic N) is 2. The summed E-state index contributed by atoms with van der Waals surface area (Å²) >= 11 is 1.06. The average Bonchev–Trinajstić information content (AvgIpc) is 3.37. The van der Waals surface area contributed by atoms with Crippen LogP contribution in [0.15, 0.2) is 63.2 Å². The van der Waals surface area contributed by atoms with Crippen LogP contribution in [0.1, 0.15) is 16.1 Å². The Morgan fingerprint density at radius 1 is 1.10 bits per heavy atom. The first-order chi connectivity index (χ1) is 14.3. The van der Waals surface area contributed by atoms with Gasteiger partial charge in [-0.05, 0) is 24.3 Å². The van der Waals surface area contributed by atoms with Gasteiger partial charge in [0.15, 0.2) is 5.82 Å². The van der Waals surface area contributed by atoms with Crippen LogP contribution in [0, 0.1) is 0 Å². The number of nitrogens with one attached hydrogen (secondary N) is 2. The van der Waals surface area contributed by atoms with Crippen molar-refractivity contribution in [3.8, 4) is 22.0 Å². The summed E-state index contributed by atoms with van der Waals surface area (Å²) in [6, 6.07) is 11.3. The first-order valence-corrected chi connectivity index (χ1v) is 9.28. The fourth-order valence-corrected chi connectivity index (χ4v) is 3.43. The van der Waals surface area contributed by atoms with E-state index in [9.17, 15) is 22.8 Å². The molecule has 0 bridgehead atoms. The molecule has 2 heterocycles. The Labute approximate surface area is 170 Å². The summed E-state index contributed by atoms with van der Waals surface area (Å²) in [6.45, 7) is 0. The number of hydrogen-bond donors (Lipinski definition) is 2. The SMILES string of the molecule is O=C(Nc1cccc(-c2noc(=O)[nH]2)c1)c1csc(-c2cccc(C(F)(F)F)c2)n1. The van der Waals surface area contributed by atoms with Gasteiger partial charge in [0.05, 0.1) is 5.56 Å². The van der Waals surface area contributed by atoms with Crippen molar-refractivity contribution in [3.05, 3.63) is 75.7 Å². The molecule has 7 nitrogen and oxygen atoms in total. The van der Waals surface area contributed by atoms with Crippen LogP contribution in [0.4, 0.5) is 18.9 Å².